The van der Waals surface area contributed by atoms with E-state index in [2.05, 4.69) is 10.0 Å². The van der Waals surface area contributed by atoms with Crippen LogP contribution in [0, 0.1) is 0 Å². The first-order valence-electron chi connectivity index (χ1n) is 8.28. The van der Waals surface area contributed by atoms with E-state index in [0.29, 0.717) is 12.1 Å². The van der Waals surface area contributed by atoms with Gasteiger partial charge < -0.3 is 10.1 Å². The van der Waals surface area contributed by atoms with Gasteiger partial charge in [-0.25, -0.2) is 13.1 Å². The summed E-state index contributed by atoms with van der Waals surface area (Å²) in [5.41, 5.74) is 0.421. The van der Waals surface area contributed by atoms with Crippen molar-refractivity contribution in [2.75, 3.05) is 5.32 Å². The van der Waals surface area contributed by atoms with Crippen LogP contribution in [-0.4, -0.2) is 32.4 Å². The summed E-state index contributed by atoms with van der Waals surface area (Å²) in [4.78, 5) is 23.7. The molecule has 0 fully saturated rings. The van der Waals surface area contributed by atoms with Crippen LogP contribution in [0.2, 0.25) is 0 Å². The molecular formula is C17H26N2O5S. The van der Waals surface area contributed by atoms with E-state index in [1.807, 2.05) is 6.92 Å². The maximum Gasteiger partial charge on any atom is 0.306 e. The van der Waals surface area contributed by atoms with E-state index in [9.17, 15) is 18.0 Å². The lowest BCUT2D eigenvalue weighted by Gasteiger charge is -2.14. The van der Waals surface area contributed by atoms with E-state index in [1.165, 1.54) is 31.2 Å². The molecule has 0 radical (unpaired) electrons. The predicted molar refractivity (Wildman–Crippen MR) is 95.6 cm³/mol. The van der Waals surface area contributed by atoms with E-state index in [1.54, 1.807) is 13.8 Å². The van der Waals surface area contributed by atoms with Crippen molar-refractivity contribution in [1.82, 2.24) is 4.72 Å². The van der Waals surface area contributed by atoms with Crippen molar-refractivity contribution in [2.24, 2.45) is 0 Å². The van der Waals surface area contributed by atoms with Crippen molar-refractivity contribution >= 4 is 27.6 Å². The van der Waals surface area contributed by atoms with Gasteiger partial charge in [-0.2, -0.15) is 0 Å². The summed E-state index contributed by atoms with van der Waals surface area (Å²) >= 11 is 0. The van der Waals surface area contributed by atoms with Gasteiger partial charge in [0, 0.05) is 18.2 Å². The van der Waals surface area contributed by atoms with Gasteiger partial charge >= 0.3 is 5.97 Å². The second kappa shape index (κ2) is 9.53. The molecule has 25 heavy (non-hydrogen) atoms. The van der Waals surface area contributed by atoms with Crippen molar-refractivity contribution in [3.05, 3.63) is 24.3 Å². The fourth-order valence-electron chi connectivity index (χ4n) is 1.97. The molecule has 2 N–H and O–H groups in total. The van der Waals surface area contributed by atoms with Gasteiger partial charge in [-0.15, -0.1) is 0 Å². The lowest BCUT2D eigenvalue weighted by Crippen LogP contribution is -2.30. The number of hydrogen-bond acceptors (Lipinski definition) is 5. The Labute approximate surface area is 149 Å². The van der Waals surface area contributed by atoms with E-state index < -0.39 is 28.0 Å². The number of esters is 1. The molecular weight excluding hydrogens is 344 g/mol. The maximum absolute atomic E-state index is 12.0. The molecule has 8 heteroatoms. The molecule has 1 aromatic rings. The second-order valence-electron chi connectivity index (χ2n) is 6.03. The normalized spacial score (nSPS) is 12.7. The summed E-state index contributed by atoms with van der Waals surface area (Å²) < 4.78 is 31.6. The molecule has 1 atom stereocenters. The summed E-state index contributed by atoms with van der Waals surface area (Å²) in [6, 6.07) is 5.56. The fourth-order valence-corrected chi connectivity index (χ4v) is 3.22. The Morgan fingerprint density at radius 2 is 1.72 bits per heavy atom. The average molecular weight is 370 g/mol. The highest BCUT2D eigenvalue weighted by atomic mass is 32.2. The van der Waals surface area contributed by atoms with E-state index in [-0.39, 0.29) is 17.4 Å². The number of ether oxygens (including phenoxy) is 1. The second-order valence-corrected chi connectivity index (χ2v) is 7.74. The van der Waals surface area contributed by atoms with E-state index in [4.69, 9.17) is 4.74 Å². The number of carbonyl (C=O) groups excluding carboxylic acids is 2. The molecule has 1 aromatic carbocycles. The SMILES string of the molecule is CCCCC(=O)O[C@H](C)C(=O)Nc1ccc(S(=O)(=O)NC(C)C)cc1. The number of sulfonamides is 1. The number of benzene rings is 1. The monoisotopic (exact) mass is 370 g/mol. The third-order valence-corrected chi connectivity index (χ3v) is 4.91. The zero-order chi connectivity index (χ0) is 19.0. The molecule has 0 spiro atoms. The molecule has 0 saturated heterocycles. The van der Waals surface area contributed by atoms with Crippen LogP contribution < -0.4 is 10.0 Å². The van der Waals surface area contributed by atoms with Crippen LogP contribution in [0.5, 0.6) is 0 Å². The number of rotatable bonds is 9. The quantitative estimate of drug-likeness (QED) is 0.650. The number of anilines is 1. The molecule has 0 aromatic heterocycles. The first-order chi connectivity index (χ1) is 11.7. The van der Waals surface area contributed by atoms with Crippen LogP contribution in [0.4, 0.5) is 5.69 Å². The molecule has 0 aliphatic heterocycles. The number of amides is 1. The summed E-state index contributed by atoms with van der Waals surface area (Å²) in [5.74, 6) is -0.883. The van der Waals surface area contributed by atoms with Crippen molar-refractivity contribution in [2.45, 2.75) is 64.0 Å². The topological polar surface area (TPSA) is 102 Å². The minimum Gasteiger partial charge on any atom is -0.453 e. The Balaban J connectivity index is 2.65. The maximum atomic E-state index is 12.0. The first-order valence-corrected chi connectivity index (χ1v) is 9.76. The highest BCUT2D eigenvalue weighted by Gasteiger charge is 2.19. The van der Waals surface area contributed by atoms with Crippen LogP contribution >= 0.6 is 0 Å². The van der Waals surface area contributed by atoms with Crippen LogP contribution in [0.25, 0.3) is 0 Å². The molecule has 0 unspecified atom stereocenters. The standard InChI is InChI=1S/C17H26N2O5S/c1-5-6-7-16(20)24-13(4)17(21)18-14-8-10-15(11-9-14)25(22,23)19-12(2)3/h8-13,19H,5-7H2,1-4H3,(H,18,21)/t13-/m1/s1. The number of nitrogens with one attached hydrogen (secondary N) is 2. The lowest BCUT2D eigenvalue weighted by molar-refractivity contribution is -0.153. The smallest absolute Gasteiger partial charge is 0.306 e. The predicted octanol–water partition coefficient (Wildman–Crippen LogP) is 2.43. The minimum absolute atomic E-state index is 0.109. The molecule has 0 bridgehead atoms. The summed E-state index contributed by atoms with van der Waals surface area (Å²) in [7, 11) is -3.58. The van der Waals surface area contributed by atoms with Crippen molar-refractivity contribution in [1.29, 1.82) is 0 Å². The fraction of sp³-hybridized carbons (Fsp3) is 0.529. The third-order valence-electron chi connectivity index (χ3n) is 3.23. The van der Waals surface area contributed by atoms with Gasteiger partial charge in [0.2, 0.25) is 10.0 Å². The van der Waals surface area contributed by atoms with Gasteiger partial charge in [0.25, 0.3) is 5.91 Å². The van der Waals surface area contributed by atoms with E-state index in [0.717, 1.165) is 6.42 Å². The summed E-state index contributed by atoms with van der Waals surface area (Å²) in [6.45, 7) is 6.92. The molecule has 1 amide bonds. The van der Waals surface area contributed by atoms with Gasteiger partial charge in [0.15, 0.2) is 6.10 Å². The number of hydrogen-bond donors (Lipinski definition) is 2. The Kier molecular flexibility index (Phi) is 8.05. The van der Waals surface area contributed by atoms with Crippen LogP contribution in [0.15, 0.2) is 29.2 Å². The molecule has 1 rings (SSSR count). The first kappa shape index (κ1) is 21.1. The highest BCUT2D eigenvalue weighted by molar-refractivity contribution is 7.89. The van der Waals surface area contributed by atoms with Crippen LogP contribution in [0.3, 0.4) is 0 Å². The number of carbonyl (C=O) groups is 2. The third kappa shape index (κ3) is 7.23. The van der Waals surface area contributed by atoms with E-state index >= 15 is 0 Å². The summed E-state index contributed by atoms with van der Waals surface area (Å²) in [5, 5.41) is 2.59. The van der Waals surface area contributed by atoms with Crippen LogP contribution in [0.1, 0.15) is 47.0 Å². The lowest BCUT2D eigenvalue weighted by atomic mass is 10.2. The zero-order valence-corrected chi connectivity index (χ0v) is 15.9. The molecule has 7 nitrogen and oxygen atoms in total. The molecule has 0 aliphatic carbocycles. The Bertz CT molecular complexity index is 683. The van der Waals surface area contributed by atoms with Gasteiger partial charge in [0.1, 0.15) is 0 Å². The van der Waals surface area contributed by atoms with Gasteiger partial charge in [-0.1, -0.05) is 13.3 Å². The Hall–Kier alpha value is -1.93. The van der Waals surface area contributed by atoms with Gasteiger partial charge in [0.05, 0.1) is 4.90 Å². The minimum atomic E-state index is -3.58. The zero-order valence-electron chi connectivity index (χ0n) is 15.0. The number of unbranched alkanes of at least 4 members (excludes halogenated alkanes) is 1. The van der Waals surface area contributed by atoms with Crippen molar-refractivity contribution in [3.8, 4) is 0 Å². The van der Waals surface area contributed by atoms with Gasteiger partial charge in [-0.05, 0) is 51.5 Å². The molecule has 140 valence electrons. The molecule has 0 saturated carbocycles. The van der Waals surface area contributed by atoms with Crippen LogP contribution in [-0.2, 0) is 24.3 Å². The van der Waals surface area contributed by atoms with Crippen molar-refractivity contribution in [3.63, 3.8) is 0 Å². The molecule has 0 heterocycles. The van der Waals surface area contributed by atoms with Crippen molar-refractivity contribution < 1.29 is 22.7 Å². The summed E-state index contributed by atoms with van der Waals surface area (Å²) in [6.07, 6.45) is 0.948. The average Bonchev–Trinajstić information content (AvgIpc) is 2.52. The largest absolute Gasteiger partial charge is 0.453 e. The Morgan fingerprint density at radius 1 is 1.12 bits per heavy atom. The van der Waals surface area contributed by atoms with Gasteiger partial charge in [-0.3, -0.25) is 9.59 Å². The highest BCUT2D eigenvalue weighted by Crippen LogP contribution is 2.15. The Morgan fingerprint density at radius 3 is 2.24 bits per heavy atom. The molecule has 0 aliphatic rings.